The van der Waals surface area contributed by atoms with Gasteiger partial charge in [-0.2, -0.15) is 0 Å². The van der Waals surface area contributed by atoms with Gasteiger partial charge in [0.2, 0.25) is 0 Å². The third kappa shape index (κ3) is 2.38. The van der Waals surface area contributed by atoms with Gasteiger partial charge in [0, 0.05) is 11.9 Å². The smallest absolute Gasteiger partial charge is 0.273 e. The third-order valence-corrected chi connectivity index (χ3v) is 6.44. The number of hydrogen-bond donors (Lipinski definition) is 0. The van der Waals surface area contributed by atoms with Gasteiger partial charge >= 0.3 is 0 Å². The van der Waals surface area contributed by atoms with Crippen LogP contribution in [0.5, 0.6) is 0 Å². The highest BCUT2D eigenvalue weighted by Gasteiger charge is 2.38. The highest BCUT2D eigenvalue weighted by Crippen LogP contribution is 2.50. The van der Waals surface area contributed by atoms with Crippen LogP contribution in [0.1, 0.15) is 0 Å². The molecule has 0 radical (unpaired) electrons. The molecule has 0 saturated carbocycles. The number of benzene rings is 2. The summed E-state index contributed by atoms with van der Waals surface area (Å²) in [6.45, 7) is 0. The van der Waals surface area contributed by atoms with Gasteiger partial charge in [-0.3, -0.25) is 9.69 Å². The van der Waals surface area contributed by atoms with Crippen LogP contribution in [0.3, 0.4) is 0 Å². The highest BCUT2D eigenvalue weighted by atomic mass is 32.2. The second-order valence-corrected chi connectivity index (χ2v) is 7.78. The van der Waals surface area contributed by atoms with Crippen LogP contribution in [0, 0.1) is 0 Å². The topological polar surface area (TPSA) is 23.6 Å². The van der Waals surface area contributed by atoms with E-state index in [0.717, 1.165) is 21.3 Å². The number of nitrogens with zero attached hydrogens (tertiary/aromatic N) is 2. The van der Waals surface area contributed by atoms with Gasteiger partial charge in [0.05, 0.1) is 16.4 Å². The lowest BCUT2D eigenvalue weighted by atomic mass is 10.3. The summed E-state index contributed by atoms with van der Waals surface area (Å²) in [4.78, 5) is 18.5. The van der Waals surface area contributed by atoms with Crippen LogP contribution in [0.25, 0.3) is 0 Å². The molecule has 6 heteroatoms. The molecule has 0 atom stereocenters. The lowest BCUT2D eigenvalue weighted by Crippen LogP contribution is -2.28. The molecule has 0 unspecified atom stereocenters. The Morgan fingerprint density at radius 1 is 0.957 bits per heavy atom. The van der Waals surface area contributed by atoms with Crippen molar-refractivity contribution in [1.29, 1.82) is 0 Å². The van der Waals surface area contributed by atoms with E-state index in [1.54, 1.807) is 16.7 Å². The van der Waals surface area contributed by atoms with Crippen LogP contribution in [0.2, 0.25) is 0 Å². The van der Waals surface area contributed by atoms with Gasteiger partial charge in [0.1, 0.15) is 4.91 Å². The number of hydrogen-bond acceptors (Lipinski definition) is 5. The number of thioether (sulfide) groups is 2. The van der Waals surface area contributed by atoms with E-state index in [0.29, 0.717) is 9.23 Å². The molecule has 3 nitrogen and oxygen atoms in total. The van der Waals surface area contributed by atoms with Gasteiger partial charge in [-0.05, 0) is 24.3 Å². The molecule has 0 bridgehead atoms. The Morgan fingerprint density at radius 2 is 1.65 bits per heavy atom. The molecule has 0 aromatic heterocycles. The molecule has 1 amide bonds. The number of carbonyl (C=O) groups is 1. The van der Waals surface area contributed by atoms with Crippen molar-refractivity contribution in [3.63, 3.8) is 0 Å². The predicted octanol–water partition coefficient (Wildman–Crippen LogP) is 4.46. The molecule has 1 saturated heterocycles. The summed E-state index contributed by atoms with van der Waals surface area (Å²) in [6.07, 6.45) is 0. The van der Waals surface area contributed by atoms with Gasteiger partial charge < -0.3 is 4.90 Å². The van der Waals surface area contributed by atoms with Crippen LogP contribution >= 0.6 is 35.7 Å². The SMILES string of the molecule is CN1C(=C2SC(=S)N(c3ccccc3)C2=O)Sc2ccccc21. The Labute approximate surface area is 148 Å². The summed E-state index contributed by atoms with van der Waals surface area (Å²) in [5, 5.41) is 0.946. The van der Waals surface area contributed by atoms with Crippen LogP contribution < -0.4 is 9.80 Å². The lowest BCUT2D eigenvalue weighted by molar-refractivity contribution is -0.113. The minimum atomic E-state index is -0.0478. The molecule has 2 aliphatic heterocycles. The molecule has 0 spiro atoms. The fraction of sp³-hybridized carbons (Fsp3) is 0.0588. The molecule has 4 rings (SSSR count). The average Bonchev–Trinajstić information content (AvgIpc) is 3.05. The van der Waals surface area contributed by atoms with E-state index in [2.05, 4.69) is 17.0 Å². The molecule has 23 heavy (non-hydrogen) atoms. The number of thiocarbonyl (C=S) groups is 1. The fourth-order valence-electron chi connectivity index (χ4n) is 2.60. The Morgan fingerprint density at radius 3 is 2.39 bits per heavy atom. The molecule has 114 valence electrons. The molecular weight excluding hydrogens is 344 g/mol. The molecule has 0 aliphatic carbocycles. The van der Waals surface area contributed by atoms with Gasteiger partial charge in [-0.25, -0.2) is 0 Å². The summed E-state index contributed by atoms with van der Waals surface area (Å²) in [5.41, 5.74) is 1.94. The van der Waals surface area contributed by atoms with Crippen LogP contribution in [-0.4, -0.2) is 17.3 Å². The van der Waals surface area contributed by atoms with Crippen molar-refractivity contribution in [2.75, 3.05) is 16.8 Å². The summed E-state index contributed by atoms with van der Waals surface area (Å²) >= 11 is 8.44. The first-order chi connectivity index (χ1) is 11.2. The second-order valence-electron chi connectivity index (χ2n) is 5.11. The van der Waals surface area contributed by atoms with E-state index in [1.165, 1.54) is 11.8 Å². The molecule has 2 heterocycles. The standard InChI is InChI=1S/C17H12N2OS3/c1-18-12-9-5-6-10-13(12)22-16(18)14-15(20)19(17(21)23-14)11-7-3-2-4-8-11/h2-10H,1H3. The predicted molar refractivity (Wildman–Crippen MR) is 102 cm³/mol. The maximum Gasteiger partial charge on any atom is 0.273 e. The average molecular weight is 356 g/mol. The van der Waals surface area contributed by atoms with Crippen molar-refractivity contribution in [3.05, 3.63) is 64.5 Å². The third-order valence-electron chi connectivity index (χ3n) is 3.72. The number of para-hydroxylation sites is 2. The summed E-state index contributed by atoms with van der Waals surface area (Å²) in [7, 11) is 1.99. The van der Waals surface area contributed by atoms with Crippen molar-refractivity contribution < 1.29 is 4.79 Å². The van der Waals surface area contributed by atoms with Crippen molar-refractivity contribution >= 4 is 57.3 Å². The monoisotopic (exact) mass is 356 g/mol. The zero-order valence-electron chi connectivity index (χ0n) is 12.2. The molecule has 0 N–H and O–H groups in total. The normalized spacial score (nSPS) is 20.4. The minimum absolute atomic E-state index is 0.0478. The van der Waals surface area contributed by atoms with E-state index in [9.17, 15) is 4.79 Å². The lowest BCUT2D eigenvalue weighted by Gasteiger charge is -2.16. The first-order valence-electron chi connectivity index (χ1n) is 7.03. The zero-order chi connectivity index (χ0) is 16.0. The van der Waals surface area contributed by atoms with Gasteiger partial charge in [-0.1, -0.05) is 66.1 Å². The molecular formula is C17H12N2OS3. The maximum atomic E-state index is 12.9. The van der Waals surface area contributed by atoms with E-state index < -0.39 is 0 Å². The van der Waals surface area contributed by atoms with Crippen molar-refractivity contribution in [2.45, 2.75) is 4.90 Å². The second kappa shape index (κ2) is 5.70. The first-order valence-corrected chi connectivity index (χ1v) is 9.07. The van der Waals surface area contributed by atoms with Gasteiger partial charge in [-0.15, -0.1) is 0 Å². The maximum absolute atomic E-state index is 12.9. The minimum Gasteiger partial charge on any atom is -0.337 e. The van der Waals surface area contributed by atoms with Crippen LogP contribution in [-0.2, 0) is 4.79 Å². The first kappa shape index (κ1) is 14.8. The highest BCUT2D eigenvalue weighted by molar-refractivity contribution is 8.27. The van der Waals surface area contributed by atoms with Crippen LogP contribution in [0.15, 0.2) is 69.4 Å². The fourth-order valence-corrected chi connectivity index (χ4v) is 5.22. The Balaban J connectivity index is 1.75. The number of carbonyl (C=O) groups excluding carboxylic acids is 1. The Bertz CT molecular complexity index is 848. The molecule has 2 aromatic carbocycles. The van der Waals surface area contributed by atoms with Crippen LogP contribution in [0.4, 0.5) is 11.4 Å². The Kier molecular flexibility index (Phi) is 3.67. The van der Waals surface area contributed by atoms with E-state index >= 15 is 0 Å². The zero-order valence-corrected chi connectivity index (χ0v) is 14.7. The van der Waals surface area contributed by atoms with E-state index in [4.69, 9.17) is 12.2 Å². The number of amides is 1. The number of anilines is 2. The molecule has 1 fully saturated rings. The van der Waals surface area contributed by atoms with E-state index in [-0.39, 0.29) is 5.91 Å². The molecule has 2 aliphatic rings. The summed E-state index contributed by atoms with van der Waals surface area (Å²) in [5.74, 6) is -0.0478. The Hall–Kier alpha value is -1.76. The number of rotatable bonds is 1. The van der Waals surface area contributed by atoms with Crippen molar-refractivity contribution in [1.82, 2.24) is 0 Å². The number of fused-ring (bicyclic) bond motifs is 1. The summed E-state index contributed by atoms with van der Waals surface area (Å²) in [6, 6.07) is 17.7. The summed E-state index contributed by atoms with van der Waals surface area (Å²) < 4.78 is 0.577. The van der Waals surface area contributed by atoms with Crippen molar-refractivity contribution in [2.24, 2.45) is 0 Å². The van der Waals surface area contributed by atoms with Gasteiger partial charge in [0.15, 0.2) is 4.32 Å². The van der Waals surface area contributed by atoms with Gasteiger partial charge in [0.25, 0.3) is 5.91 Å². The van der Waals surface area contributed by atoms with Crippen molar-refractivity contribution in [3.8, 4) is 0 Å². The molecule has 2 aromatic rings. The largest absolute Gasteiger partial charge is 0.337 e. The quantitative estimate of drug-likeness (QED) is 0.554. The van der Waals surface area contributed by atoms with E-state index in [1.807, 2.05) is 49.5 Å².